The fourth-order valence-corrected chi connectivity index (χ4v) is 3.22. The number of nitrogens with zero attached hydrogens (tertiary/aromatic N) is 1. The van der Waals surface area contributed by atoms with Gasteiger partial charge in [0.25, 0.3) is 0 Å². The Morgan fingerprint density at radius 3 is 2.85 bits per heavy atom. The summed E-state index contributed by atoms with van der Waals surface area (Å²) in [6, 6.07) is 16.7. The van der Waals surface area contributed by atoms with Crippen molar-refractivity contribution >= 4 is 5.97 Å². The van der Waals surface area contributed by atoms with Crippen molar-refractivity contribution in [3.63, 3.8) is 0 Å². The maximum absolute atomic E-state index is 11.5. The van der Waals surface area contributed by atoms with Crippen LogP contribution in [0.1, 0.15) is 28.6 Å². The minimum Gasteiger partial charge on any atom is -0.489 e. The van der Waals surface area contributed by atoms with Gasteiger partial charge >= 0.3 is 5.97 Å². The summed E-state index contributed by atoms with van der Waals surface area (Å²) in [4.78, 5) is 18.9. The summed E-state index contributed by atoms with van der Waals surface area (Å²) in [5.41, 5.74) is 3.71. The van der Waals surface area contributed by atoms with Gasteiger partial charge in [0.05, 0.1) is 18.1 Å². The molecule has 6 heteroatoms. The van der Waals surface area contributed by atoms with E-state index < -0.39 is 12.0 Å². The molecule has 1 aliphatic rings. The molecule has 0 unspecified atom stereocenters. The van der Waals surface area contributed by atoms with Gasteiger partial charge in [-0.2, -0.15) is 0 Å². The van der Waals surface area contributed by atoms with Gasteiger partial charge < -0.3 is 14.8 Å². The lowest BCUT2D eigenvalue weighted by atomic mass is 9.94. The van der Waals surface area contributed by atoms with E-state index in [0.717, 1.165) is 28.3 Å². The molecule has 0 fully saturated rings. The molecule has 2 atom stereocenters. The predicted octanol–water partition coefficient (Wildman–Crippen LogP) is 2.68. The Balaban J connectivity index is 1.57. The lowest BCUT2D eigenvalue weighted by Gasteiger charge is -2.28. The zero-order valence-corrected chi connectivity index (χ0v) is 14.1. The highest BCUT2D eigenvalue weighted by Gasteiger charge is 2.33. The molecule has 3 aromatic rings. The van der Waals surface area contributed by atoms with Gasteiger partial charge in [-0.25, -0.2) is 4.98 Å². The standard InChI is InChI=1S/C20H19N3O3/c24-20(25)17-10-16-19(22-12-21-16)18(23-17)14-7-4-8-15(9-14)26-11-13-5-2-1-3-6-13/h1-9,12,17-18,23H,10-11H2,(H,21,22)(H,24,25)/t17-,18+/m0/s1. The van der Waals surface area contributed by atoms with Crippen LogP contribution in [0, 0.1) is 0 Å². The normalized spacial score (nSPS) is 18.9. The molecular weight excluding hydrogens is 330 g/mol. The smallest absolute Gasteiger partial charge is 0.321 e. The Labute approximate surface area is 150 Å². The monoisotopic (exact) mass is 349 g/mol. The topological polar surface area (TPSA) is 87.2 Å². The Bertz CT molecular complexity index is 907. The average molecular weight is 349 g/mol. The van der Waals surface area contributed by atoms with Gasteiger partial charge in [0.15, 0.2) is 0 Å². The molecule has 2 heterocycles. The first kappa shape index (κ1) is 16.4. The van der Waals surface area contributed by atoms with Crippen molar-refractivity contribution in [1.29, 1.82) is 0 Å². The number of aliphatic carboxylic acids is 1. The van der Waals surface area contributed by atoms with Crippen LogP contribution < -0.4 is 10.1 Å². The molecule has 0 saturated heterocycles. The van der Waals surface area contributed by atoms with Gasteiger partial charge in [-0.3, -0.25) is 10.1 Å². The number of imidazole rings is 1. The van der Waals surface area contributed by atoms with Gasteiger partial charge in [-0.05, 0) is 23.3 Å². The molecule has 4 rings (SSSR count). The molecule has 0 bridgehead atoms. The summed E-state index contributed by atoms with van der Waals surface area (Å²) >= 11 is 0. The number of carboxylic acids is 1. The number of carbonyl (C=O) groups is 1. The minimum absolute atomic E-state index is 0.286. The van der Waals surface area contributed by atoms with E-state index in [1.807, 2.05) is 54.6 Å². The van der Waals surface area contributed by atoms with E-state index in [1.54, 1.807) is 6.33 Å². The third-order valence-electron chi connectivity index (χ3n) is 4.54. The van der Waals surface area contributed by atoms with Gasteiger partial charge in [0.2, 0.25) is 0 Å². The zero-order chi connectivity index (χ0) is 17.9. The predicted molar refractivity (Wildman–Crippen MR) is 95.9 cm³/mol. The molecule has 1 aliphatic heterocycles. The van der Waals surface area contributed by atoms with Crippen LogP contribution in [-0.4, -0.2) is 27.1 Å². The number of H-pyrrole nitrogens is 1. The van der Waals surface area contributed by atoms with Crippen molar-refractivity contribution in [2.75, 3.05) is 0 Å². The Morgan fingerprint density at radius 2 is 2.04 bits per heavy atom. The fraction of sp³-hybridized carbons (Fsp3) is 0.200. The summed E-state index contributed by atoms with van der Waals surface area (Å²) in [7, 11) is 0. The van der Waals surface area contributed by atoms with E-state index in [1.165, 1.54) is 0 Å². The number of rotatable bonds is 5. The number of aromatic amines is 1. The first-order chi connectivity index (χ1) is 12.7. The molecule has 0 saturated carbocycles. The van der Waals surface area contributed by atoms with Crippen molar-refractivity contribution in [2.24, 2.45) is 0 Å². The Kier molecular flexibility index (Phi) is 4.41. The highest BCUT2D eigenvalue weighted by atomic mass is 16.5. The zero-order valence-electron chi connectivity index (χ0n) is 14.1. The van der Waals surface area contributed by atoms with Crippen molar-refractivity contribution in [2.45, 2.75) is 25.1 Å². The maximum atomic E-state index is 11.5. The number of ether oxygens (including phenoxy) is 1. The fourth-order valence-electron chi connectivity index (χ4n) is 3.22. The van der Waals surface area contributed by atoms with Crippen LogP contribution in [0.3, 0.4) is 0 Å². The van der Waals surface area contributed by atoms with E-state index in [2.05, 4.69) is 15.3 Å². The van der Waals surface area contributed by atoms with Crippen molar-refractivity contribution in [1.82, 2.24) is 15.3 Å². The number of benzene rings is 2. The second kappa shape index (κ2) is 7.01. The van der Waals surface area contributed by atoms with Crippen LogP contribution in [0.4, 0.5) is 0 Å². The lowest BCUT2D eigenvalue weighted by Crippen LogP contribution is -2.45. The molecule has 3 N–H and O–H groups in total. The first-order valence-electron chi connectivity index (χ1n) is 8.48. The summed E-state index contributed by atoms with van der Waals surface area (Å²) in [6.07, 6.45) is 2.00. The maximum Gasteiger partial charge on any atom is 0.321 e. The number of fused-ring (bicyclic) bond motifs is 1. The third-order valence-corrected chi connectivity index (χ3v) is 4.54. The third kappa shape index (κ3) is 3.32. The van der Waals surface area contributed by atoms with E-state index in [4.69, 9.17) is 4.74 Å². The largest absolute Gasteiger partial charge is 0.489 e. The number of hydrogen-bond donors (Lipinski definition) is 3. The van der Waals surface area contributed by atoms with Gasteiger partial charge in [0.1, 0.15) is 18.4 Å². The van der Waals surface area contributed by atoms with Crippen LogP contribution in [0.25, 0.3) is 0 Å². The van der Waals surface area contributed by atoms with E-state index in [9.17, 15) is 9.90 Å². The van der Waals surface area contributed by atoms with E-state index in [-0.39, 0.29) is 6.04 Å². The Hall–Kier alpha value is -3.12. The van der Waals surface area contributed by atoms with Gasteiger partial charge in [0, 0.05) is 12.1 Å². The van der Waals surface area contributed by atoms with Crippen LogP contribution >= 0.6 is 0 Å². The molecule has 0 amide bonds. The highest BCUT2D eigenvalue weighted by Crippen LogP contribution is 2.30. The molecule has 132 valence electrons. The van der Waals surface area contributed by atoms with E-state index >= 15 is 0 Å². The SMILES string of the molecule is O=C(O)[C@@H]1Cc2[nH]cnc2[C@@H](c2cccc(OCc3ccccc3)c2)N1. The van der Waals surface area contributed by atoms with Crippen LogP contribution in [-0.2, 0) is 17.8 Å². The summed E-state index contributed by atoms with van der Waals surface area (Å²) in [5.74, 6) is -0.130. The molecule has 1 aromatic heterocycles. The summed E-state index contributed by atoms with van der Waals surface area (Å²) in [6.45, 7) is 0.480. The average Bonchev–Trinajstić information content (AvgIpc) is 3.15. The number of nitrogens with one attached hydrogen (secondary N) is 2. The molecular formula is C20H19N3O3. The highest BCUT2D eigenvalue weighted by molar-refractivity contribution is 5.74. The van der Waals surface area contributed by atoms with E-state index in [0.29, 0.717) is 13.0 Å². The number of carboxylic acid groups (broad SMARTS) is 1. The van der Waals surface area contributed by atoms with Crippen molar-refractivity contribution in [3.8, 4) is 5.75 Å². The summed E-state index contributed by atoms with van der Waals surface area (Å²) in [5, 5.41) is 12.6. The molecule has 0 spiro atoms. The molecule has 2 aromatic carbocycles. The number of hydrogen-bond acceptors (Lipinski definition) is 4. The van der Waals surface area contributed by atoms with Gasteiger partial charge in [-0.1, -0.05) is 42.5 Å². The quantitative estimate of drug-likeness (QED) is 0.659. The molecule has 26 heavy (non-hydrogen) atoms. The number of aromatic nitrogens is 2. The van der Waals surface area contributed by atoms with Crippen molar-refractivity contribution < 1.29 is 14.6 Å². The first-order valence-corrected chi connectivity index (χ1v) is 8.48. The van der Waals surface area contributed by atoms with Crippen LogP contribution in [0.2, 0.25) is 0 Å². The minimum atomic E-state index is -0.869. The molecule has 6 nitrogen and oxygen atoms in total. The van der Waals surface area contributed by atoms with Crippen molar-refractivity contribution in [3.05, 3.63) is 83.4 Å². The summed E-state index contributed by atoms with van der Waals surface area (Å²) < 4.78 is 5.89. The van der Waals surface area contributed by atoms with Crippen LogP contribution in [0.5, 0.6) is 5.75 Å². The van der Waals surface area contributed by atoms with Crippen LogP contribution in [0.15, 0.2) is 60.9 Å². The lowest BCUT2D eigenvalue weighted by molar-refractivity contribution is -0.139. The van der Waals surface area contributed by atoms with Gasteiger partial charge in [-0.15, -0.1) is 0 Å². The Morgan fingerprint density at radius 1 is 1.19 bits per heavy atom. The second-order valence-electron chi connectivity index (χ2n) is 6.31. The molecule has 0 radical (unpaired) electrons. The molecule has 0 aliphatic carbocycles. The second-order valence-corrected chi connectivity index (χ2v) is 6.31.